The molecule has 3 aliphatic heterocycles. The highest BCUT2D eigenvalue weighted by atomic mass is 32.2. The maximum atomic E-state index is 13.1. The Kier molecular flexibility index (Phi) is 6.23. The average Bonchev–Trinajstić information content (AvgIpc) is 3.22. The first-order chi connectivity index (χ1) is 15.7. The van der Waals surface area contributed by atoms with E-state index in [2.05, 4.69) is 16.3 Å². The Hall–Kier alpha value is -2.71. The molecule has 1 N–H and O–H groups in total. The number of fused-ring (bicyclic) bond motifs is 1. The van der Waals surface area contributed by atoms with Gasteiger partial charge in [0.2, 0.25) is 11.8 Å². The minimum Gasteiger partial charge on any atom is -0.486 e. The molecule has 8 heteroatoms. The van der Waals surface area contributed by atoms with E-state index < -0.39 is 5.92 Å². The zero-order valence-corrected chi connectivity index (χ0v) is 18.7. The second-order valence-corrected chi connectivity index (χ2v) is 9.49. The summed E-state index contributed by atoms with van der Waals surface area (Å²) in [4.78, 5) is 29.9. The Morgan fingerprint density at radius 3 is 2.69 bits per heavy atom. The smallest absolute Gasteiger partial charge is 0.229 e. The van der Waals surface area contributed by atoms with Gasteiger partial charge in [-0.3, -0.25) is 14.5 Å². The van der Waals surface area contributed by atoms with E-state index in [0.29, 0.717) is 31.3 Å². The quantitative estimate of drug-likeness (QED) is 0.751. The lowest BCUT2D eigenvalue weighted by Gasteiger charge is -2.27. The molecule has 1 atom stereocenters. The van der Waals surface area contributed by atoms with E-state index >= 15 is 0 Å². The normalized spacial score (nSPS) is 20.9. The first-order valence-electron chi connectivity index (χ1n) is 11.1. The van der Waals surface area contributed by atoms with Gasteiger partial charge in [0.25, 0.3) is 0 Å². The monoisotopic (exact) mass is 453 g/mol. The van der Waals surface area contributed by atoms with Crippen LogP contribution in [0.25, 0.3) is 0 Å². The maximum absolute atomic E-state index is 13.1. The molecule has 0 spiro atoms. The number of benzene rings is 2. The molecule has 2 aromatic carbocycles. The van der Waals surface area contributed by atoms with Crippen LogP contribution in [0.1, 0.15) is 12.0 Å². The molecular weight excluding hydrogens is 426 g/mol. The van der Waals surface area contributed by atoms with Crippen LogP contribution in [-0.4, -0.2) is 61.1 Å². The van der Waals surface area contributed by atoms with Gasteiger partial charge in [0.05, 0.1) is 5.92 Å². The van der Waals surface area contributed by atoms with Crippen molar-refractivity contribution in [2.45, 2.75) is 13.0 Å². The minimum absolute atomic E-state index is 0.0547. The van der Waals surface area contributed by atoms with Crippen LogP contribution in [0.2, 0.25) is 0 Å². The largest absolute Gasteiger partial charge is 0.486 e. The first-order valence-corrected chi connectivity index (χ1v) is 12.2. The topological polar surface area (TPSA) is 71.1 Å². The summed E-state index contributed by atoms with van der Waals surface area (Å²) in [5.74, 6) is 3.06. The average molecular weight is 454 g/mol. The van der Waals surface area contributed by atoms with Crippen molar-refractivity contribution in [3.05, 3.63) is 48.0 Å². The van der Waals surface area contributed by atoms with Crippen molar-refractivity contribution in [3.63, 3.8) is 0 Å². The maximum Gasteiger partial charge on any atom is 0.229 e. The Morgan fingerprint density at radius 1 is 1.06 bits per heavy atom. The summed E-state index contributed by atoms with van der Waals surface area (Å²) in [7, 11) is 0. The van der Waals surface area contributed by atoms with Gasteiger partial charge in [0.1, 0.15) is 13.2 Å². The number of thioether (sulfide) groups is 1. The number of amides is 2. The molecule has 2 fully saturated rings. The van der Waals surface area contributed by atoms with Crippen LogP contribution in [0.15, 0.2) is 42.5 Å². The van der Waals surface area contributed by atoms with Crippen molar-refractivity contribution < 1.29 is 19.1 Å². The molecule has 5 rings (SSSR count). The Bertz CT molecular complexity index is 1010. The lowest BCUT2D eigenvalue weighted by Crippen LogP contribution is -2.32. The van der Waals surface area contributed by atoms with Crippen molar-refractivity contribution >= 4 is 35.0 Å². The Balaban J connectivity index is 1.26. The van der Waals surface area contributed by atoms with Crippen LogP contribution in [-0.2, 0) is 16.1 Å². The third-order valence-corrected chi connectivity index (χ3v) is 7.05. The van der Waals surface area contributed by atoms with Gasteiger partial charge in [0, 0.05) is 61.5 Å². The molecule has 1 unspecified atom stereocenters. The molecule has 0 bridgehead atoms. The molecule has 2 aromatic rings. The fourth-order valence-corrected chi connectivity index (χ4v) is 5.33. The van der Waals surface area contributed by atoms with E-state index in [-0.39, 0.29) is 18.2 Å². The van der Waals surface area contributed by atoms with E-state index in [4.69, 9.17) is 9.47 Å². The first kappa shape index (κ1) is 21.2. The van der Waals surface area contributed by atoms with Crippen molar-refractivity contribution in [1.82, 2.24) is 4.90 Å². The fraction of sp³-hybridized carbons (Fsp3) is 0.417. The van der Waals surface area contributed by atoms with Crippen molar-refractivity contribution in [1.29, 1.82) is 0 Å². The lowest BCUT2D eigenvalue weighted by molar-refractivity contribution is -0.122. The SMILES string of the molecule is O=C(Nc1ccccc1CN1CCSCC1)C1CC(=O)N(c2ccc3c(c2)OCCO3)C1. The third kappa shape index (κ3) is 4.56. The Labute approximate surface area is 192 Å². The molecule has 0 aliphatic carbocycles. The number of ether oxygens (including phenoxy) is 2. The fourth-order valence-electron chi connectivity index (χ4n) is 4.35. The van der Waals surface area contributed by atoms with Crippen molar-refractivity contribution in [2.24, 2.45) is 5.92 Å². The highest BCUT2D eigenvalue weighted by Gasteiger charge is 2.36. The van der Waals surface area contributed by atoms with Crippen LogP contribution in [0, 0.1) is 5.92 Å². The summed E-state index contributed by atoms with van der Waals surface area (Å²) < 4.78 is 11.2. The zero-order chi connectivity index (χ0) is 21.9. The molecule has 3 aliphatic rings. The number of hydrogen-bond donors (Lipinski definition) is 1. The second kappa shape index (κ2) is 9.42. The molecule has 2 saturated heterocycles. The molecule has 7 nitrogen and oxygen atoms in total. The summed E-state index contributed by atoms with van der Waals surface area (Å²) in [6.07, 6.45) is 0.200. The molecule has 2 amide bonds. The van der Waals surface area contributed by atoms with Gasteiger partial charge >= 0.3 is 0 Å². The third-order valence-electron chi connectivity index (χ3n) is 6.11. The number of carbonyl (C=O) groups is 2. The van der Waals surface area contributed by atoms with Gasteiger partial charge in [-0.2, -0.15) is 11.8 Å². The number of carbonyl (C=O) groups excluding carboxylic acids is 2. The van der Waals surface area contributed by atoms with Crippen LogP contribution >= 0.6 is 11.8 Å². The van der Waals surface area contributed by atoms with Gasteiger partial charge < -0.3 is 19.7 Å². The number of nitrogens with one attached hydrogen (secondary N) is 1. The van der Waals surface area contributed by atoms with E-state index in [1.165, 1.54) is 0 Å². The second-order valence-electron chi connectivity index (χ2n) is 8.27. The van der Waals surface area contributed by atoms with E-state index in [1.54, 1.807) is 4.90 Å². The van der Waals surface area contributed by atoms with E-state index in [1.807, 2.05) is 48.2 Å². The molecule has 0 radical (unpaired) electrons. The highest BCUT2D eigenvalue weighted by Crippen LogP contribution is 2.36. The molecule has 0 saturated carbocycles. The predicted octanol–water partition coefficient (Wildman–Crippen LogP) is 3.00. The summed E-state index contributed by atoms with van der Waals surface area (Å²) >= 11 is 1.98. The molecule has 32 heavy (non-hydrogen) atoms. The van der Waals surface area contributed by atoms with Gasteiger partial charge in [-0.25, -0.2) is 0 Å². The summed E-state index contributed by atoms with van der Waals surface area (Å²) in [6.45, 7) is 4.32. The van der Waals surface area contributed by atoms with Gasteiger partial charge in [-0.1, -0.05) is 18.2 Å². The van der Waals surface area contributed by atoms with Crippen LogP contribution in [0.3, 0.4) is 0 Å². The zero-order valence-electron chi connectivity index (χ0n) is 17.9. The van der Waals surface area contributed by atoms with E-state index in [0.717, 1.165) is 48.1 Å². The lowest BCUT2D eigenvalue weighted by atomic mass is 10.1. The molecule has 168 valence electrons. The number of rotatable bonds is 5. The molecule has 0 aromatic heterocycles. The van der Waals surface area contributed by atoms with Gasteiger partial charge in [0.15, 0.2) is 11.5 Å². The highest BCUT2D eigenvalue weighted by molar-refractivity contribution is 7.99. The predicted molar refractivity (Wildman–Crippen MR) is 126 cm³/mol. The van der Waals surface area contributed by atoms with Crippen LogP contribution in [0.5, 0.6) is 11.5 Å². The van der Waals surface area contributed by atoms with Gasteiger partial charge in [-0.05, 0) is 23.8 Å². The van der Waals surface area contributed by atoms with E-state index in [9.17, 15) is 9.59 Å². The summed E-state index contributed by atoms with van der Waals surface area (Å²) in [5.41, 5.74) is 2.68. The number of hydrogen-bond acceptors (Lipinski definition) is 6. The van der Waals surface area contributed by atoms with Crippen LogP contribution in [0.4, 0.5) is 11.4 Å². The number of para-hydroxylation sites is 1. The van der Waals surface area contributed by atoms with Crippen molar-refractivity contribution in [3.8, 4) is 11.5 Å². The molecule has 3 heterocycles. The number of anilines is 2. The van der Waals surface area contributed by atoms with Crippen molar-refractivity contribution in [2.75, 3.05) is 54.6 Å². The summed E-state index contributed by atoms with van der Waals surface area (Å²) in [5, 5.41) is 3.09. The Morgan fingerprint density at radius 2 is 1.84 bits per heavy atom. The molecular formula is C24H27N3O4S. The summed E-state index contributed by atoms with van der Waals surface area (Å²) in [6, 6.07) is 13.4. The minimum atomic E-state index is -0.393. The number of nitrogens with zero attached hydrogens (tertiary/aromatic N) is 2. The standard InChI is InChI=1S/C24H27N3O4S/c28-23-13-18(16-27(23)19-5-6-21-22(14-19)31-10-9-30-21)24(29)25-20-4-2-1-3-17(20)15-26-7-11-32-12-8-26/h1-6,14,18H,7-13,15-16H2,(H,25,29). The van der Waals surface area contributed by atoms with Crippen LogP contribution < -0.4 is 19.7 Å². The van der Waals surface area contributed by atoms with Gasteiger partial charge in [-0.15, -0.1) is 0 Å².